The van der Waals surface area contributed by atoms with Gasteiger partial charge in [0.25, 0.3) is 0 Å². The smallest absolute Gasteiger partial charge is 0.0362 e. The Morgan fingerprint density at radius 1 is 1.56 bits per heavy atom. The minimum absolute atomic E-state index is 0.403. The summed E-state index contributed by atoms with van der Waals surface area (Å²) in [5, 5.41) is 3.62. The largest absolute Gasteiger partial charge is 0.316 e. The highest BCUT2D eigenvalue weighted by molar-refractivity contribution is 7.85. The second-order valence-electron chi connectivity index (χ2n) is 2.43. The zero-order chi connectivity index (χ0) is 6.69. The van der Waals surface area contributed by atoms with Crippen LogP contribution in [0.3, 0.4) is 0 Å². The van der Waals surface area contributed by atoms with E-state index in [0.29, 0.717) is 5.25 Å². The van der Waals surface area contributed by atoms with Crippen LogP contribution in [0.15, 0.2) is 0 Å². The van der Waals surface area contributed by atoms with Crippen LogP contribution in [0.4, 0.5) is 0 Å². The Morgan fingerprint density at radius 3 is 3.11 bits per heavy atom. The maximum atomic E-state index is 11.1. The van der Waals surface area contributed by atoms with Gasteiger partial charge in [-0.3, -0.25) is 4.21 Å². The van der Waals surface area contributed by atoms with E-state index in [2.05, 4.69) is 12.2 Å². The summed E-state index contributed by atoms with van der Waals surface area (Å²) in [6, 6.07) is 0. The second kappa shape index (κ2) is 3.32. The van der Waals surface area contributed by atoms with Crippen molar-refractivity contribution in [1.82, 2.24) is 5.32 Å². The van der Waals surface area contributed by atoms with Crippen LogP contribution in [0, 0.1) is 0 Å². The van der Waals surface area contributed by atoms with Crippen molar-refractivity contribution in [2.75, 3.05) is 18.8 Å². The van der Waals surface area contributed by atoms with Gasteiger partial charge in [0.2, 0.25) is 0 Å². The summed E-state index contributed by atoms with van der Waals surface area (Å²) < 4.78 is 11.1. The average molecular weight is 147 g/mol. The summed E-state index contributed by atoms with van der Waals surface area (Å²) in [6.07, 6.45) is 1.06. The van der Waals surface area contributed by atoms with Crippen molar-refractivity contribution in [2.24, 2.45) is 0 Å². The Kier molecular flexibility index (Phi) is 2.66. The molecule has 0 saturated carbocycles. The van der Waals surface area contributed by atoms with Crippen molar-refractivity contribution in [3.8, 4) is 0 Å². The first-order valence-corrected chi connectivity index (χ1v) is 4.77. The molecule has 0 unspecified atom stereocenters. The SMILES string of the molecule is C[C@H]1CCNCC[S@]1=O. The molecule has 0 aromatic rings. The lowest BCUT2D eigenvalue weighted by Crippen LogP contribution is -2.16. The number of nitrogens with one attached hydrogen (secondary N) is 1. The normalized spacial score (nSPS) is 37.9. The van der Waals surface area contributed by atoms with Gasteiger partial charge in [0.1, 0.15) is 0 Å². The third-order valence-electron chi connectivity index (χ3n) is 1.66. The topological polar surface area (TPSA) is 29.1 Å². The highest BCUT2D eigenvalue weighted by atomic mass is 32.2. The van der Waals surface area contributed by atoms with Crippen LogP contribution in [-0.4, -0.2) is 28.3 Å². The van der Waals surface area contributed by atoms with E-state index in [4.69, 9.17) is 0 Å². The summed E-state index contributed by atoms with van der Waals surface area (Å²) >= 11 is 0. The predicted octanol–water partition coefficient (Wildman–Crippen LogP) is 0.117. The molecule has 1 fully saturated rings. The molecule has 2 nitrogen and oxygen atoms in total. The third kappa shape index (κ3) is 2.06. The van der Waals surface area contributed by atoms with Gasteiger partial charge in [-0.1, -0.05) is 6.92 Å². The summed E-state index contributed by atoms with van der Waals surface area (Å²) in [5.41, 5.74) is 0. The first-order valence-electron chi connectivity index (χ1n) is 3.38. The van der Waals surface area contributed by atoms with Gasteiger partial charge < -0.3 is 5.32 Å². The molecule has 0 spiro atoms. The van der Waals surface area contributed by atoms with Crippen molar-refractivity contribution in [1.29, 1.82) is 0 Å². The van der Waals surface area contributed by atoms with Gasteiger partial charge in [-0.2, -0.15) is 0 Å². The molecule has 0 aliphatic carbocycles. The van der Waals surface area contributed by atoms with Crippen molar-refractivity contribution in [3.05, 3.63) is 0 Å². The molecule has 3 heteroatoms. The zero-order valence-corrected chi connectivity index (χ0v) is 6.54. The fourth-order valence-electron chi connectivity index (χ4n) is 0.936. The summed E-state index contributed by atoms with van der Waals surface area (Å²) in [4.78, 5) is 0. The van der Waals surface area contributed by atoms with E-state index < -0.39 is 10.8 Å². The van der Waals surface area contributed by atoms with Crippen LogP contribution in [0.1, 0.15) is 13.3 Å². The molecule has 54 valence electrons. The lowest BCUT2D eigenvalue weighted by Gasteiger charge is -2.03. The quantitative estimate of drug-likeness (QED) is 0.527. The number of hydrogen-bond acceptors (Lipinski definition) is 2. The maximum absolute atomic E-state index is 11.1. The molecule has 9 heavy (non-hydrogen) atoms. The van der Waals surface area contributed by atoms with Gasteiger partial charge in [-0.05, 0) is 13.0 Å². The molecule has 1 heterocycles. The highest BCUT2D eigenvalue weighted by Crippen LogP contribution is 2.02. The molecular formula is C6H13NOS. The molecule has 0 amide bonds. The predicted molar refractivity (Wildman–Crippen MR) is 40.0 cm³/mol. The second-order valence-corrected chi connectivity index (χ2v) is 4.41. The fourth-order valence-corrected chi connectivity index (χ4v) is 2.06. The van der Waals surface area contributed by atoms with E-state index >= 15 is 0 Å². The lowest BCUT2D eigenvalue weighted by molar-refractivity contribution is 0.667. The molecule has 0 aromatic carbocycles. The van der Waals surface area contributed by atoms with E-state index in [9.17, 15) is 4.21 Å². The molecule has 1 aliphatic rings. The van der Waals surface area contributed by atoms with Gasteiger partial charge in [0.05, 0.1) is 0 Å². The van der Waals surface area contributed by atoms with Gasteiger partial charge in [-0.15, -0.1) is 0 Å². The summed E-state index contributed by atoms with van der Waals surface area (Å²) in [6.45, 7) is 4.02. The molecule has 1 rings (SSSR count). The standard InChI is InChI=1S/C6H13NOS/c1-6-2-3-7-4-5-9(6)8/h6-7H,2-5H2,1H3/t6-,9+/m0/s1. The van der Waals surface area contributed by atoms with Crippen LogP contribution in [0.2, 0.25) is 0 Å². The Hall–Kier alpha value is 0.110. The van der Waals surface area contributed by atoms with Gasteiger partial charge in [-0.25, -0.2) is 0 Å². The van der Waals surface area contributed by atoms with E-state index in [1.807, 2.05) is 0 Å². The van der Waals surface area contributed by atoms with Crippen molar-refractivity contribution in [2.45, 2.75) is 18.6 Å². The van der Waals surface area contributed by atoms with Crippen LogP contribution < -0.4 is 5.32 Å². The van der Waals surface area contributed by atoms with Crippen molar-refractivity contribution in [3.63, 3.8) is 0 Å². The van der Waals surface area contributed by atoms with Gasteiger partial charge >= 0.3 is 0 Å². The molecule has 0 bridgehead atoms. The average Bonchev–Trinajstić information content (AvgIpc) is 1.99. The highest BCUT2D eigenvalue weighted by Gasteiger charge is 2.12. The molecular weight excluding hydrogens is 134 g/mol. The van der Waals surface area contributed by atoms with Crippen LogP contribution in [0.5, 0.6) is 0 Å². The first-order chi connectivity index (χ1) is 4.30. The summed E-state index contributed by atoms with van der Waals surface area (Å²) in [5.74, 6) is 0.834. The van der Waals surface area contributed by atoms with E-state index in [-0.39, 0.29) is 0 Å². The third-order valence-corrected chi connectivity index (χ3v) is 3.40. The van der Waals surface area contributed by atoms with Crippen LogP contribution in [-0.2, 0) is 10.8 Å². The van der Waals surface area contributed by atoms with E-state index in [1.165, 1.54) is 0 Å². The monoisotopic (exact) mass is 147 g/mol. The van der Waals surface area contributed by atoms with E-state index in [1.54, 1.807) is 0 Å². The zero-order valence-electron chi connectivity index (χ0n) is 5.72. The Morgan fingerprint density at radius 2 is 2.33 bits per heavy atom. The number of rotatable bonds is 0. The number of hydrogen-bond donors (Lipinski definition) is 1. The molecule has 2 atom stereocenters. The molecule has 1 N–H and O–H groups in total. The maximum Gasteiger partial charge on any atom is 0.0362 e. The van der Waals surface area contributed by atoms with Crippen molar-refractivity contribution < 1.29 is 4.21 Å². The molecule has 1 aliphatic heterocycles. The summed E-state index contributed by atoms with van der Waals surface area (Å²) in [7, 11) is -0.565. The fraction of sp³-hybridized carbons (Fsp3) is 1.00. The van der Waals surface area contributed by atoms with Crippen LogP contribution in [0.25, 0.3) is 0 Å². The first kappa shape index (κ1) is 7.22. The Labute approximate surface area is 58.5 Å². The molecule has 0 radical (unpaired) electrons. The van der Waals surface area contributed by atoms with Crippen molar-refractivity contribution >= 4 is 10.8 Å². The van der Waals surface area contributed by atoms with E-state index in [0.717, 1.165) is 25.3 Å². The minimum atomic E-state index is -0.565. The minimum Gasteiger partial charge on any atom is -0.316 e. The molecule has 1 saturated heterocycles. The van der Waals surface area contributed by atoms with Gasteiger partial charge in [0.15, 0.2) is 0 Å². The molecule has 0 aromatic heterocycles. The van der Waals surface area contributed by atoms with Crippen LogP contribution >= 0.6 is 0 Å². The van der Waals surface area contributed by atoms with Gasteiger partial charge in [0, 0.05) is 28.3 Å². The lowest BCUT2D eigenvalue weighted by atomic mass is 10.3. The Bertz CT molecular complexity index is 116. The Balaban J connectivity index is 2.41.